The van der Waals surface area contributed by atoms with Crippen molar-refractivity contribution < 1.29 is 0 Å². The number of allylic oxidation sites excluding steroid dienone is 1. The van der Waals surface area contributed by atoms with Gasteiger partial charge in [-0.3, -0.25) is 14.3 Å². The van der Waals surface area contributed by atoms with E-state index in [2.05, 4.69) is 20.5 Å². The van der Waals surface area contributed by atoms with E-state index in [1.807, 2.05) is 56.3 Å². The molecule has 2 N–H and O–H groups in total. The third kappa shape index (κ3) is 3.34. The topological polar surface area (TPSA) is 97.1 Å². The van der Waals surface area contributed by atoms with E-state index in [1.54, 1.807) is 11.6 Å². The fourth-order valence-electron chi connectivity index (χ4n) is 2.58. The highest BCUT2D eigenvalue weighted by Crippen LogP contribution is 2.15. The molecule has 0 bridgehead atoms. The number of H-pyrrole nitrogens is 1. The van der Waals surface area contributed by atoms with Gasteiger partial charge in [0, 0.05) is 13.6 Å². The van der Waals surface area contributed by atoms with Crippen LogP contribution in [0.25, 0.3) is 17.2 Å². The second kappa shape index (κ2) is 7.22. The lowest BCUT2D eigenvalue weighted by molar-refractivity contribution is 0.781. The van der Waals surface area contributed by atoms with Crippen molar-refractivity contribution in [2.75, 3.05) is 5.43 Å². The molecule has 0 aliphatic rings. The van der Waals surface area contributed by atoms with E-state index < -0.39 is 11.2 Å². The van der Waals surface area contributed by atoms with Crippen LogP contribution in [-0.4, -0.2) is 24.8 Å². The molecule has 26 heavy (non-hydrogen) atoms. The highest BCUT2D eigenvalue weighted by molar-refractivity contribution is 5.96. The monoisotopic (exact) mass is 352 g/mol. The summed E-state index contributed by atoms with van der Waals surface area (Å²) in [5, 5.41) is 4.29. The van der Waals surface area contributed by atoms with Gasteiger partial charge in [0.15, 0.2) is 11.2 Å². The smallest absolute Gasteiger partial charge is 0.303 e. The molecule has 2 heterocycles. The number of hydrogen-bond donors (Lipinski definition) is 2. The first-order valence-electron chi connectivity index (χ1n) is 8.24. The van der Waals surface area contributed by atoms with Gasteiger partial charge in [0.05, 0.1) is 5.71 Å². The minimum Gasteiger partial charge on any atom is -0.303 e. The number of benzene rings is 1. The van der Waals surface area contributed by atoms with Crippen LogP contribution in [0.4, 0.5) is 5.95 Å². The minimum absolute atomic E-state index is 0.316. The summed E-state index contributed by atoms with van der Waals surface area (Å²) in [5.74, 6) is 0.404. The Kier molecular flexibility index (Phi) is 4.83. The van der Waals surface area contributed by atoms with Crippen molar-refractivity contribution in [3.63, 3.8) is 0 Å². The van der Waals surface area contributed by atoms with E-state index in [1.165, 1.54) is 4.57 Å². The number of nitrogens with one attached hydrogen (secondary N) is 2. The highest BCUT2D eigenvalue weighted by Gasteiger charge is 2.15. The van der Waals surface area contributed by atoms with E-state index in [-0.39, 0.29) is 0 Å². The molecule has 2 aromatic heterocycles. The van der Waals surface area contributed by atoms with E-state index in [0.29, 0.717) is 23.7 Å². The van der Waals surface area contributed by atoms with Crippen molar-refractivity contribution in [2.24, 2.45) is 12.1 Å². The van der Waals surface area contributed by atoms with Crippen molar-refractivity contribution in [2.45, 2.75) is 20.4 Å². The molecule has 8 nitrogen and oxygen atoms in total. The highest BCUT2D eigenvalue weighted by atomic mass is 16.2. The summed E-state index contributed by atoms with van der Waals surface area (Å²) >= 11 is 0. The Morgan fingerprint density at radius 2 is 2.04 bits per heavy atom. The number of hydrazone groups is 1. The predicted octanol–water partition coefficient (Wildman–Crippen LogP) is 1.94. The maximum absolute atomic E-state index is 12.1. The van der Waals surface area contributed by atoms with Gasteiger partial charge in [-0.2, -0.15) is 10.1 Å². The van der Waals surface area contributed by atoms with E-state index >= 15 is 0 Å². The number of anilines is 1. The molecule has 0 fully saturated rings. The van der Waals surface area contributed by atoms with Gasteiger partial charge >= 0.3 is 5.69 Å². The lowest BCUT2D eigenvalue weighted by atomic mass is 10.2. The zero-order chi connectivity index (χ0) is 18.7. The van der Waals surface area contributed by atoms with E-state index in [0.717, 1.165) is 11.3 Å². The summed E-state index contributed by atoms with van der Waals surface area (Å²) in [7, 11) is 1.56. The molecule has 3 rings (SSSR count). The summed E-state index contributed by atoms with van der Waals surface area (Å²) < 4.78 is 2.99. The molecule has 0 aliphatic carbocycles. The second-order valence-corrected chi connectivity index (χ2v) is 5.78. The Morgan fingerprint density at radius 1 is 1.31 bits per heavy atom. The first-order valence-corrected chi connectivity index (χ1v) is 8.24. The van der Waals surface area contributed by atoms with Gasteiger partial charge in [0.25, 0.3) is 5.56 Å². The van der Waals surface area contributed by atoms with Crippen molar-refractivity contribution >= 4 is 28.9 Å². The third-order valence-corrected chi connectivity index (χ3v) is 3.97. The molecule has 0 atom stereocenters. The fraction of sp³-hybridized carbons (Fsp3) is 0.222. The first kappa shape index (κ1) is 17.4. The van der Waals surface area contributed by atoms with Crippen molar-refractivity contribution in [3.8, 4) is 0 Å². The zero-order valence-electron chi connectivity index (χ0n) is 14.9. The van der Waals surface area contributed by atoms with Gasteiger partial charge in [-0.1, -0.05) is 36.4 Å². The predicted molar refractivity (Wildman–Crippen MR) is 103 cm³/mol. The van der Waals surface area contributed by atoms with Crippen LogP contribution in [0.5, 0.6) is 0 Å². The normalized spacial score (nSPS) is 12.2. The molecule has 0 saturated heterocycles. The minimum atomic E-state index is -0.500. The second-order valence-electron chi connectivity index (χ2n) is 5.78. The quantitative estimate of drug-likeness (QED) is 0.542. The summed E-state index contributed by atoms with van der Waals surface area (Å²) in [6, 6.07) is 9.90. The van der Waals surface area contributed by atoms with Crippen LogP contribution in [0.1, 0.15) is 19.4 Å². The van der Waals surface area contributed by atoms with Crippen LogP contribution < -0.4 is 16.7 Å². The van der Waals surface area contributed by atoms with Crippen LogP contribution in [0, 0.1) is 0 Å². The molecular weight excluding hydrogens is 332 g/mol. The van der Waals surface area contributed by atoms with E-state index in [4.69, 9.17) is 0 Å². The summed E-state index contributed by atoms with van der Waals surface area (Å²) in [4.78, 5) is 30.5. The maximum Gasteiger partial charge on any atom is 0.329 e. The molecule has 0 saturated carbocycles. The van der Waals surface area contributed by atoms with Crippen LogP contribution in [0.2, 0.25) is 0 Å². The SMILES string of the molecule is CCn1c(N/N=C(/C)C=Cc2ccccc2)nc2c1c(=O)[nH]c(=O)n2C. The maximum atomic E-state index is 12.1. The average molecular weight is 352 g/mol. The molecule has 0 spiro atoms. The Morgan fingerprint density at radius 3 is 2.73 bits per heavy atom. The van der Waals surface area contributed by atoms with Crippen LogP contribution in [-0.2, 0) is 13.6 Å². The van der Waals surface area contributed by atoms with Gasteiger partial charge in [0.2, 0.25) is 5.95 Å². The standard InChI is InChI=1S/C18H20N6O2/c1-4-24-14-15(23(3)18(26)20-16(14)25)19-17(24)22-21-12(2)10-11-13-8-6-5-7-9-13/h5-11H,4H2,1-3H3,(H,19,22)(H,20,25,26)/b11-10?,21-12-. The third-order valence-electron chi connectivity index (χ3n) is 3.97. The van der Waals surface area contributed by atoms with Gasteiger partial charge < -0.3 is 4.57 Å². The van der Waals surface area contributed by atoms with E-state index in [9.17, 15) is 9.59 Å². The summed E-state index contributed by atoms with van der Waals surface area (Å²) in [6.45, 7) is 4.26. The Balaban J connectivity index is 1.92. The molecule has 0 amide bonds. The summed E-state index contributed by atoms with van der Waals surface area (Å²) in [6.07, 6.45) is 3.83. The number of fused-ring (bicyclic) bond motifs is 1. The number of rotatable bonds is 5. The number of aromatic amines is 1. The average Bonchev–Trinajstić information content (AvgIpc) is 3.03. The Hall–Kier alpha value is -3.42. The molecule has 0 radical (unpaired) electrons. The number of aryl methyl sites for hydroxylation is 2. The van der Waals surface area contributed by atoms with Crippen molar-refractivity contribution in [1.29, 1.82) is 0 Å². The van der Waals surface area contributed by atoms with Crippen molar-refractivity contribution in [1.82, 2.24) is 19.1 Å². The number of nitrogens with zero attached hydrogens (tertiary/aromatic N) is 4. The lowest BCUT2D eigenvalue weighted by Gasteiger charge is -2.04. The first-order chi connectivity index (χ1) is 12.5. The van der Waals surface area contributed by atoms with Crippen molar-refractivity contribution in [3.05, 3.63) is 62.8 Å². The van der Waals surface area contributed by atoms with Crippen LogP contribution in [0.15, 0.2) is 51.1 Å². The molecular formula is C18H20N6O2. The summed E-state index contributed by atoms with van der Waals surface area (Å²) in [5.41, 5.74) is 4.39. The Bertz CT molecular complexity index is 1100. The molecule has 3 aromatic rings. The molecule has 134 valence electrons. The fourth-order valence-corrected chi connectivity index (χ4v) is 2.58. The van der Waals surface area contributed by atoms with Gasteiger partial charge in [0.1, 0.15) is 0 Å². The molecule has 1 aromatic carbocycles. The van der Waals surface area contributed by atoms with Gasteiger partial charge in [-0.25, -0.2) is 10.2 Å². The number of hydrogen-bond acceptors (Lipinski definition) is 5. The molecule has 8 heteroatoms. The number of imidazole rings is 1. The van der Waals surface area contributed by atoms with Gasteiger partial charge in [-0.05, 0) is 25.5 Å². The van der Waals surface area contributed by atoms with Crippen LogP contribution >= 0.6 is 0 Å². The largest absolute Gasteiger partial charge is 0.329 e. The molecule has 0 unspecified atom stereocenters. The molecule has 0 aliphatic heterocycles. The van der Waals surface area contributed by atoms with Gasteiger partial charge in [-0.15, -0.1) is 0 Å². The lowest BCUT2D eigenvalue weighted by Crippen LogP contribution is -2.29. The van der Waals surface area contributed by atoms with Crippen LogP contribution in [0.3, 0.4) is 0 Å². The zero-order valence-corrected chi connectivity index (χ0v) is 14.9. The Labute approximate surface area is 149 Å². The number of aromatic nitrogens is 4.